The van der Waals surface area contributed by atoms with Crippen LogP contribution in [-0.2, 0) is 9.97 Å². The summed E-state index contributed by atoms with van der Waals surface area (Å²) in [5, 5.41) is 3.35. The van der Waals surface area contributed by atoms with Crippen LogP contribution in [0.1, 0.15) is 17.8 Å². The summed E-state index contributed by atoms with van der Waals surface area (Å²) < 4.78 is 37.2. The summed E-state index contributed by atoms with van der Waals surface area (Å²) in [6, 6.07) is 5.23. The van der Waals surface area contributed by atoms with Crippen LogP contribution in [0.15, 0.2) is 24.3 Å². The van der Waals surface area contributed by atoms with E-state index in [1.165, 1.54) is 12.1 Å². The van der Waals surface area contributed by atoms with Gasteiger partial charge >= 0.3 is 6.18 Å². The van der Waals surface area contributed by atoms with Gasteiger partial charge in [0.25, 0.3) is 0 Å². The van der Waals surface area contributed by atoms with Gasteiger partial charge in [-0.25, -0.2) is 4.98 Å². The molecule has 2 aliphatic rings. The lowest BCUT2D eigenvalue weighted by Gasteiger charge is -2.28. The highest BCUT2D eigenvalue weighted by atomic mass is 35.6. The molecule has 1 aromatic carbocycles. The molecule has 2 atom stereocenters. The van der Waals surface area contributed by atoms with Crippen molar-refractivity contribution >= 4 is 40.8 Å². The minimum atomic E-state index is -4.48. The van der Waals surface area contributed by atoms with Crippen molar-refractivity contribution in [2.24, 2.45) is 0 Å². The number of aromatic nitrogens is 3. The van der Waals surface area contributed by atoms with E-state index in [0.717, 1.165) is 25.1 Å². The maximum absolute atomic E-state index is 13.0. The largest absolute Gasteiger partial charge is 0.416 e. The second-order valence-corrected chi connectivity index (χ2v) is 8.79. The summed E-state index contributed by atoms with van der Waals surface area (Å²) in [5.74, 6) is 0.205. The van der Waals surface area contributed by atoms with Gasteiger partial charge in [-0.2, -0.15) is 23.1 Å². The number of nitrogens with one attached hydrogen (secondary N) is 1. The number of benzene rings is 1. The van der Waals surface area contributed by atoms with Crippen LogP contribution in [0.5, 0.6) is 0 Å². The molecule has 11 heteroatoms. The van der Waals surface area contributed by atoms with Gasteiger partial charge in [-0.1, -0.05) is 46.9 Å². The molecule has 2 fully saturated rings. The SMILES string of the molecule is FC(F)(F)c1cccc(-c2nc(N3CC4CC3CN4)nc(C(Cl)(Cl)Cl)n2)c1. The molecule has 2 aliphatic heterocycles. The molecule has 0 radical (unpaired) electrons. The van der Waals surface area contributed by atoms with Crippen LogP contribution in [0.4, 0.5) is 19.1 Å². The molecule has 0 saturated carbocycles. The first-order chi connectivity index (χ1) is 12.6. The van der Waals surface area contributed by atoms with Crippen molar-refractivity contribution in [3.8, 4) is 11.4 Å². The summed E-state index contributed by atoms with van der Waals surface area (Å²) in [4.78, 5) is 14.7. The Labute approximate surface area is 167 Å². The Balaban J connectivity index is 1.80. The van der Waals surface area contributed by atoms with Crippen molar-refractivity contribution in [2.75, 3.05) is 18.0 Å². The number of alkyl halides is 6. The zero-order valence-corrected chi connectivity index (χ0v) is 15.9. The van der Waals surface area contributed by atoms with Crippen LogP contribution in [0.3, 0.4) is 0 Å². The minimum absolute atomic E-state index is 0.0307. The fourth-order valence-electron chi connectivity index (χ4n) is 3.39. The number of halogens is 6. The molecule has 2 unspecified atom stereocenters. The van der Waals surface area contributed by atoms with Gasteiger partial charge in [0.05, 0.1) is 5.56 Å². The summed E-state index contributed by atoms with van der Waals surface area (Å²) in [6.07, 6.45) is -3.54. The van der Waals surface area contributed by atoms with E-state index in [9.17, 15) is 13.2 Å². The van der Waals surface area contributed by atoms with Crippen LogP contribution in [0, 0.1) is 0 Å². The molecular weight excluding hydrogens is 426 g/mol. The zero-order valence-electron chi connectivity index (χ0n) is 13.6. The molecule has 144 valence electrons. The van der Waals surface area contributed by atoms with Gasteiger partial charge in [0.15, 0.2) is 11.6 Å². The molecular formula is C16H13Cl3F3N5. The predicted molar refractivity (Wildman–Crippen MR) is 97.0 cm³/mol. The quantitative estimate of drug-likeness (QED) is 0.720. The first-order valence-corrected chi connectivity index (χ1v) is 9.25. The number of hydrogen-bond acceptors (Lipinski definition) is 5. The van der Waals surface area contributed by atoms with Crippen molar-refractivity contribution in [2.45, 2.75) is 28.5 Å². The highest BCUT2D eigenvalue weighted by Gasteiger charge is 2.40. The summed E-state index contributed by atoms with van der Waals surface area (Å²) >= 11 is 17.8. The third-order valence-electron chi connectivity index (χ3n) is 4.64. The third kappa shape index (κ3) is 3.81. The molecule has 27 heavy (non-hydrogen) atoms. The molecule has 3 heterocycles. The van der Waals surface area contributed by atoms with E-state index in [2.05, 4.69) is 20.3 Å². The third-order valence-corrected chi connectivity index (χ3v) is 5.15. The molecule has 2 saturated heterocycles. The van der Waals surface area contributed by atoms with E-state index in [-0.39, 0.29) is 23.3 Å². The van der Waals surface area contributed by atoms with Crippen molar-refractivity contribution in [3.63, 3.8) is 0 Å². The molecule has 5 nitrogen and oxygen atoms in total. The molecule has 0 aliphatic carbocycles. The maximum Gasteiger partial charge on any atom is 0.416 e. The lowest BCUT2D eigenvalue weighted by atomic mass is 10.1. The highest BCUT2D eigenvalue weighted by Crippen LogP contribution is 2.38. The normalized spacial score (nSPS) is 22.5. The topological polar surface area (TPSA) is 53.9 Å². The van der Waals surface area contributed by atoms with E-state index >= 15 is 0 Å². The van der Waals surface area contributed by atoms with E-state index < -0.39 is 15.5 Å². The van der Waals surface area contributed by atoms with Crippen LogP contribution in [0.2, 0.25) is 0 Å². The number of piperazine rings is 1. The molecule has 0 spiro atoms. The zero-order chi connectivity index (χ0) is 19.4. The van der Waals surface area contributed by atoms with Gasteiger partial charge in [0, 0.05) is 30.7 Å². The Morgan fingerprint density at radius 2 is 1.89 bits per heavy atom. The van der Waals surface area contributed by atoms with E-state index in [0.29, 0.717) is 18.5 Å². The first kappa shape index (κ1) is 19.0. The maximum atomic E-state index is 13.0. The van der Waals surface area contributed by atoms with E-state index in [4.69, 9.17) is 34.8 Å². The molecule has 1 N–H and O–H groups in total. The van der Waals surface area contributed by atoms with Gasteiger partial charge < -0.3 is 10.2 Å². The Kier molecular flexibility index (Phi) is 4.65. The fraction of sp³-hybridized carbons (Fsp3) is 0.438. The molecule has 2 aromatic rings. The molecule has 0 amide bonds. The van der Waals surface area contributed by atoms with Gasteiger partial charge in [-0.15, -0.1) is 0 Å². The van der Waals surface area contributed by atoms with Crippen molar-refractivity contribution in [1.82, 2.24) is 20.3 Å². The standard InChI is InChI=1S/C16H13Cl3F3N5/c17-15(18,19)13-24-12(8-2-1-3-9(4-8)16(20,21)22)25-14(26-13)27-7-10-5-11(27)6-23-10/h1-4,10-11,23H,5-7H2. The summed E-state index contributed by atoms with van der Waals surface area (Å²) in [6.45, 7) is 1.45. The van der Waals surface area contributed by atoms with Crippen molar-refractivity contribution in [1.29, 1.82) is 0 Å². The number of hydrogen-bond donors (Lipinski definition) is 1. The summed E-state index contributed by atoms with van der Waals surface area (Å²) in [5.41, 5.74) is -0.631. The van der Waals surface area contributed by atoms with E-state index in [1.54, 1.807) is 0 Å². The van der Waals surface area contributed by atoms with Gasteiger partial charge in [-0.05, 0) is 18.6 Å². The van der Waals surface area contributed by atoms with Crippen molar-refractivity contribution < 1.29 is 13.2 Å². The van der Waals surface area contributed by atoms with Crippen LogP contribution in [-0.4, -0.2) is 40.1 Å². The second-order valence-electron chi connectivity index (χ2n) is 6.51. The van der Waals surface area contributed by atoms with Crippen LogP contribution < -0.4 is 10.2 Å². The van der Waals surface area contributed by atoms with Gasteiger partial charge in [-0.3, -0.25) is 0 Å². The van der Waals surface area contributed by atoms with Gasteiger partial charge in [0.1, 0.15) is 0 Å². The Morgan fingerprint density at radius 1 is 1.11 bits per heavy atom. The number of rotatable bonds is 2. The average molecular weight is 439 g/mol. The number of fused-ring (bicyclic) bond motifs is 2. The first-order valence-electron chi connectivity index (χ1n) is 8.12. The molecule has 1 aromatic heterocycles. The highest BCUT2D eigenvalue weighted by molar-refractivity contribution is 6.66. The smallest absolute Gasteiger partial charge is 0.335 e. The van der Waals surface area contributed by atoms with Crippen LogP contribution >= 0.6 is 34.8 Å². The Hall–Kier alpha value is -1.35. The molecule has 4 rings (SSSR count). The van der Waals surface area contributed by atoms with Crippen LogP contribution in [0.25, 0.3) is 11.4 Å². The number of nitrogens with zero attached hydrogens (tertiary/aromatic N) is 4. The predicted octanol–water partition coefficient (Wildman–Crippen LogP) is 3.93. The van der Waals surface area contributed by atoms with Crippen molar-refractivity contribution in [3.05, 3.63) is 35.7 Å². The second kappa shape index (κ2) is 6.62. The lowest BCUT2D eigenvalue weighted by molar-refractivity contribution is -0.137. The number of anilines is 1. The monoisotopic (exact) mass is 437 g/mol. The van der Waals surface area contributed by atoms with Gasteiger partial charge in [0.2, 0.25) is 9.74 Å². The Bertz CT molecular complexity index is 871. The minimum Gasteiger partial charge on any atom is -0.335 e. The Morgan fingerprint density at radius 3 is 2.48 bits per heavy atom. The van der Waals surface area contributed by atoms with E-state index in [1.807, 2.05) is 4.90 Å². The summed E-state index contributed by atoms with van der Waals surface area (Å²) in [7, 11) is 0. The fourth-order valence-corrected chi connectivity index (χ4v) is 3.64. The lowest BCUT2D eigenvalue weighted by Crippen LogP contribution is -2.44. The molecule has 2 bridgehead atoms. The average Bonchev–Trinajstić information content (AvgIpc) is 3.23.